The van der Waals surface area contributed by atoms with Gasteiger partial charge < -0.3 is 60.2 Å². The first-order chi connectivity index (χ1) is 39.6. The number of fused-ring (bicyclic) bond motifs is 8. The van der Waals surface area contributed by atoms with E-state index in [0.717, 1.165) is 33.8 Å². The molecule has 0 bridgehead atoms. The van der Waals surface area contributed by atoms with Crippen LogP contribution in [0.15, 0.2) is 103 Å². The van der Waals surface area contributed by atoms with E-state index in [2.05, 4.69) is 26.6 Å². The number of nitrogens with zero attached hydrogens (tertiary/aromatic N) is 4. The Hall–Kier alpha value is -8.30. The Morgan fingerprint density at radius 2 is 1.24 bits per heavy atom. The number of nitrogens with one attached hydrogen (secondary N) is 5. The monoisotopic (exact) mass is 1200 g/mol. The molecule has 5 aliphatic heterocycles. The van der Waals surface area contributed by atoms with Crippen LogP contribution in [0.1, 0.15) is 82.5 Å². The zero-order chi connectivity index (χ0) is 57.8. The van der Waals surface area contributed by atoms with E-state index < -0.39 is 41.6 Å². The summed E-state index contributed by atoms with van der Waals surface area (Å²) in [6, 6.07) is 25.7. The second-order valence-corrected chi connectivity index (χ2v) is 20.8. The van der Waals surface area contributed by atoms with Crippen molar-refractivity contribution in [3.63, 3.8) is 0 Å². The Kier molecular flexibility index (Phi) is 18.5. The number of para-hydroxylation sites is 2. The summed E-state index contributed by atoms with van der Waals surface area (Å²) in [6.07, 6.45) is 4.66. The molecule has 0 aromatic heterocycles. The van der Waals surface area contributed by atoms with Crippen LogP contribution in [0.3, 0.4) is 0 Å². The van der Waals surface area contributed by atoms with E-state index in [4.69, 9.17) is 18.9 Å². The molecule has 0 fully saturated rings. The van der Waals surface area contributed by atoms with Gasteiger partial charge in [0.05, 0.1) is 37.1 Å². The van der Waals surface area contributed by atoms with Crippen molar-refractivity contribution in [1.29, 1.82) is 0 Å². The van der Waals surface area contributed by atoms with Gasteiger partial charge in [0, 0.05) is 112 Å². The van der Waals surface area contributed by atoms with E-state index in [0.29, 0.717) is 88.1 Å². The molecular formula is C61H64N9O12Y-. The molecule has 0 unspecified atom stereocenters. The predicted octanol–water partition coefficient (Wildman–Crippen LogP) is 5.59. The van der Waals surface area contributed by atoms with Crippen molar-refractivity contribution in [1.82, 2.24) is 20.9 Å². The van der Waals surface area contributed by atoms with Crippen LogP contribution in [0, 0.1) is 6.54 Å². The summed E-state index contributed by atoms with van der Waals surface area (Å²) in [5.41, 5.74) is 7.65. The summed E-state index contributed by atoms with van der Waals surface area (Å²) in [6.45, 7) is 5.68. The Bertz CT molecular complexity index is 3410. The van der Waals surface area contributed by atoms with Crippen LogP contribution in [-0.4, -0.2) is 117 Å². The summed E-state index contributed by atoms with van der Waals surface area (Å²) in [5.74, 6) is -1.62. The van der Waals surface area contributed by atoms with E-state index in [-0.39, 0.29) is 102 Å². The van der Waals surface area contributed by atoms with E-state index in [1.54, 1.807) is 36.4 Å². The molecule has 5 aromatic carbocycles. The van der Waals surface area contributed by atoms with Gasteiger partial charge in [0.15, 0.2) is 23.0 Å². The van der Waals surface area contributed by atoms with Crippen LogP contribution < -0.4 is 60.2 Å². The fraction of sp³-hybridized carbons (Fsp3) is 0.328. The zero-order valence-electron chi connectivity index (χ0n) is 46.7. The number of likely N-dealkylation sites (N-methyl/N-ethyl adjacent to an activating group) is 1. The summed E-state index contributed by atoms with van der Waals surface area (Å²) in [4.78, 5) is 111. The minimum absolute atomic E-state index is 0. The molecule has 8 amide bonds. The molecule has 5 aliphatic rings. The first-order valence-electron chi connectivity index (χ1n) is 27.2. The smallest absolute Gasteiger partial charge is 0.260 e. The van der Waals surface area contributed by atoms with Gasteiger partial charge in [-0.25, -0.2) is 6.54 Å². The molecule has 5 N–H and O–H groups in total. The molecule has 0 aliphatic carbocycles. The molecule has 4 atom stereocenters. The molecule has 0 saturated heterocycles. The van der Waals surface area contributed by atoms with Gasteiger partial charge in [-0.2, -0.15) is 0 Å². The van der Waals surface area contributed by atoms with Gasteiger partial charge in [0.25, 0.3) is 23.6 Å². The maximum Gasteiger partial charge on any atom is 0.260 e. The number of hydrogen-bond acceptors (Lipinski definition) is 14. The molecule has 83 heavy (non-hydrogen) atoms. The van der Waals surface area contributed by atoms with Gasteiger partial charge in [0.2, 0.25) is 23.6 Å². The number of carbonyl (C=O) groups excluding carboxylic acids is 8. The molecule has 429 valence electrons. The number of imide groups is 1. The summed E-state index contributed by atoms with van der Waals surface area (Å²) >= 11 is 0. The maximum atomic E-state index is 14.3. The molecule has 0 spiro atoms. The third kappa shape index (κ3) is 13.0. The molecule has 0 saturated carbocycles. The summed E-state index contributed by atoms with van der Waals surface area (Å²) in [5, 5.41) is 14.4. The second kappa shape index (κ2) is 25.9. The normalized spacial score (nSPS) is 17.0. The van der Waals surface area contributed by atoms with Crippen molar-refractivity contribution in [2.24, 2.45) is 0 Å². The Labute approximate surface area is 505 Å². The van der Waals surface area contributed by atoms with E-state index in [1.807, 2.05) is 82.9 Å². The molecule has 5 aromatic rings. The molecule has 10 rings (SSSR count). The number of methoxy groups -OCH3 is 2. The molecule has 21 nitrogen and oxygen atoms in total. The average Bonchev–Trinajstić information content (AvgIpc) is 3.57. The van der Waals surface area contributed by atoms with Crippen molar-refractivity contribution < 1.29 is 90.0 Å². The first-order valence-corrected chi connectivity index (χ1v) is 27.2. The maximum absolute atomic E-state index is 14.3. The third-order valence-corrected chi connectivity index (χ3v) is 15.1. The van der Waals surface area contributed by atoms with Crippen LogP contribution in [0.2, 0.25) is 0 Å². The topological polar surface area (TPSA) is 247 Å². The number of anilines is 5. The van der Waals surface area contributed by atoms with E-state index >= 15 is 0 Å². The molecule has 22 heteroatoms. The van der Waals surface area contributed by atoms with Crippen LogP contribution in [0.25, 0.3) is 0 Å². The van der Waals surface area contributed by atoms with Crippen LogP contribution in [0.5, 0.6) is 23.0 Å². The fourth-order valence-corrected chi connectivity index (χ4v) is 10.9. The Morgan fingerprint density at radius 3 is 1.90 bits per heavy atom. The standard InChI is InChI=1S/C61H64N9O12.Y/c1-35(64-55(72)17-11-10-16-54(71)62-20-21-68-56(73)18-19-57(68)74)58(75)65-36(2)59(76)66-41-23-37(33-81-52-29-46-44(27-50(52)79-4)60(77)69-42(31-63-46)25-39-12-6-8-14-47(39)69)22-38(24-41)34-82-53-30-49-45(28-51(53)80-5)61(78)70-43(32-67(49)3)26-40-13-7-9-15-48(40)70;/h6-9,12-15,18-19,22-24,27-30,32,35-36,42-43,63H,10-11,16-17,20-21,25-26,31,33-34H2,1-5H3,(H,62,71)(H,64,72)(H,65,75)(H,66,76);/q-1;/t35-,36-,42-,43-;/m0./s1. The molecule has 5 heterocycles. The van der Waals surface area contributed by atoms with Gasteiger partial charge in [0.1, 0.15) is 25.3 Å². The number of ether oxygens (including phenoxy) is 4. The number of unbranched alkanes of at least 4 members (excludes halogenated alkanes) is 1. The van der Waals surface area contributed by atoms with Crippen LogP contribution in [-0.2, 0) is 87.5 Å². The second-order valence-electron chi connectivity index (χ2n) is 20.8. The van der Waals surface area contributed by atoms with Crippen molar-refractivity contribution in [2.75, 3.05) is 66.2 Å². The number of hydrogen-bond donors (Lipinski definition) is 5. The van der Waals surface area contributed by atoms with Crippen molar-refractivity contribution in [3.8, 4) is 23.0 Å². The minimum Gasteiger partial charge on any atom is -0.522 e. The van der Waals surface area contributed by atoms with E-state index in [9.17, 15) is 38.4 Å². The number of amides is 8. The van der Waals surface area contributed by atoms with Crippen LogP contribution in [0.4, 0.5) is 28.4 Å². The number of rotatable bonds is 21. The largest absolute Gasteiger partial charge is 0.522 e. The van der Waals surface area contributed by atoms with Crippen molar-refractivity contribution in [2.45, 2.75) is 89.8 Å². The van der Waals surface area contributed by atoms with E-state index in [1.165, 1.54) is 40.2 Å². The zero-order valence-corrected chi connectivity index (χ0v) is 49.6. The quantitative estimate of drug-likeness (QED) is 0.0342. The van der Waals surface area contributed by atoms with Gasteiger partial charge in [-0.05, 0) is 111 Å². The van der Waals surface area contributed by atoms with Gasteiger partial charge >= 0.3 is 0 Å². The SMILES string of the molecule is COc1cc2c(cc1OCc1cc(COc3cc4c(cc3OC)C(=O)N3c5ccccc5C[C@H]3[CH-]N4C)cc(NC(=O)[C@H](C)NC(=O)[C@H](C)NC(=O)CCCCC(=O)NCCN3C(=O)C=CC3=O)c1)NC[C@@H]1Cc3ccccc3N1C2=O.[Y]. The third-order valence-electron chi connectivity index (χ3n) is 15.1. The number of benzene rings is 5. The summed E-state index contributed by atoms with van der Waals surface area (Å²) in [7, 11) is 4.90. The van der Waals surface area contributed by atoms with Gasteiger partial charge in [-0.1, -0.05) is 42.4 Å². The fourth-order valence-electron chi connectivity index (χ4n) is 10.9. The Balaban J connectivity index is 0.00000828. The Morgan fingerprint density at radius 1 is 0.663 bits per heavy atom. The molecule has 1 radical (unpaired) electrons. The van der Waals surface area contributed by atoms with Gasteiger partial charge in [-0.3, -0.25) is 43.3 Å². The predicted molar refractivity (Wildman–Crippen MR) is 305 cm³/mol. The van der Waals surface area contributed by atoms with Crippen molar-refractivity contribution in [3.05, 3.63) is 143 Å². The first kappa shape index (κ1) is 59.3. The van der Waals surface area contributed by atoms with Gasteiger partial charge in [-0.15, -0.1) is 0 Å². The number of carbonyl (C=O) groups is 8. The average molecular weight is 1200 g/mol. The van der Waals surface area contributed by atoms with Crippen LogP contribution >= 0.6 is 0 Å². The van der Waals surface area contributed by atoms with Crippen molar-refractivity contribution >= 4 is 75.7 Å². The molecular weight excluding hydrogens is 1140 g/mol. The summed E-state index contributed by atoms with van der Waals surface area (Å²) < 4.78 is 24.6. The minimum atomic E-state index is -1.06.